The van der Waals surface area contributed by atoms with Crippen molar-refractivity contribution < 1.29 is 33.4 Å². The second kappa shape index (κ2) is 8.94. The Balaban J connectivity index is 1.74. The molecule has 0 bridgehead atoms. The predicted molar refractivity (Wildman–Crippen MR) is 123 cm³/mol. The maximum atomic E-state index is 12.7. The molecule has 4 aliphatic carbocycles. The van der Waals surface area contributed by atoms with Crippen LogP contribution in [-0.2, 0) is 33.4 Å². The van der Waals surface area contributed by atoms with E-state index in [4.69, 9.17) is 14.2 Å². The van der Waals surface area contributed by atoms with Crippen LogP contribution in [0.15, 0.2) is 0 Å². The molecule has 190 valence electrons. The van der Waals surface area contributed by atoms with Crippen LogP contribution in [0.2, 0.25) is 0 Å². The van der Waals surface area contributed by atoms with Crippen LogP contribution in [0.5, 0.6) is 0 Å². The van der Waals surface area contributed by atoms with E-state index in [1.807, 2.05) is 0 Å². The van der Waals surface area contributed by atoms with Crippen molar-refractivity contribution >= 4 is 23.7 Å². The van der Waals surface area contributed by atoms with E-state index in [1.165, 1.54) is 20.8 Å². The van der Waals surface area contributed by atoms with Crippen LogP contribution < -0.4 is 0 Å². The number of hydrogen-bond donors (Lipinski definition) is 0. The zero-order valence-corrected chi connectivity index (χ0v) is 21.4. The van der Waals surface area contributed by atoms with Crippen LogP contribution in [-0.4, -0.2) is 42.0 Å². The summed E-state index contributed by atoms with van der Waals surface area (Å²) in [5.41, 5.74) is -0.499. The van der Waals surface area contributed by atoms with Crippen molar-refractivity contribution in [1.82, 2.24) is 0 Å². The molecule has 0 aromatic heterocycles. The lowest BCUT2D eigenvalue weighted by atomic mass is 9.43. The molecule has 0 aromatic rings. The van der Waals surface area contributed by atoms with Gasteiger partial charge in [-0.05, 0) is 75.0 Å². The third kappa shape index (κ3) is 4.07. The van der Waals surface area contributed by atoms with Crippen LogP contribution in [0.3, 0.4) is 0 Å². The standard InChI is InChI=1S/C27H40O7/c1-14(28)20-7-8-21-25-22(13-24(27(20,21)6)34-17(4)31)26(5)10-9-19(32-15(2)29)11-18(26)12-23(25)33-16(3)30/h18-25H,7-13H2,1-6H3/t18-,19+,20+,21-,22-,23+,24-,25-,26-,27+/m0/s1. The van der Waals surface area contributed by atoms with Gasteiger partial charge in [0.15, 0.2) is 0 Å². The first-order chi connectivity index (χ1) is 15.9. The summed E-state index contributed by atoms with van der Waals surface area (Å²) >= 11 is 0. The topological polar surface area (TPSA) is 96.0 Å². The first-order valence-electron chi connectivity index (χ1n) is 12.9. The van der Waals surface area contributed by atoms with E-state index < -0.39 is 5.41 Å². The Hall–Kier alpha value is -1.92. The van der Waals surface area contributed by atoms with Gasteiger partial charge in [0.05, 0.1) is 0 Å². The second-order valence-corrected chi connectivity index (χ2v) is 11.8. The van der Waals surface area contributed by atoms with Gasteiger partial charge in [-0.3, -0.25) is 19.2 Å². The minimum Gasteiger partial charge on any atom is -0.463 e. The highest BCUT2D eigenvalue weighted by Gasteiger charge is 2.67. The number of carbonyl (C=O) groups excluding carboxylic acids is 4. The second-order valence-electron chi connectivity index (χ2n) is 11.8. The zero-order valence-electron chi connectivity index (χ0n) is 21.4. The van der Waals surface area contributed by atoms with E-state index in [9.17, 15) is 19.2 Å². The maximum absolute atomic E-state index is 12.7. The molecule has 4 aliphatic rings. The molecule has 0 spiro atoms. The SMILES string of the molecule is CC(=O)O[C@@H]1CC[C@@]2(C)[C@@H](C1)C[C@@H](OC(C)=O)[C@@H]1[C@@H]2C[C@H](OC(C)=O)[C@]2(C)[C@@H](C(C)=O)CC[C@@H]12. The fourth-order valence-corrected chi connectivity index (χ4v) is 8.82. The van der Waals surface area contributed by atoms with Crippen LogP contribution >= 0.6 is 0 Å². The van der Waals surface area contributed by atoms with Gasteiger partial charge in [-0.1, -0.05) is 13.8 Å². The minimum atomic E-state index is -0.463. The van der Waals surface area contributed by atoms with Crippen molar-refractivity contribution in [1.29, 1.82) is 0 Å². The summed E-state index contributed by atoms with van der Waals surface area (Å²) in [5.74, 6) is -0.185. The van der Waals surface area contributed by atoms with Crippen molar-refractivity contribution in [2.75, 3.05) is 0 Å². The van der Waals surface area contributed by atoms with Crippen LogP contribution in [0.1, 0.15) is 86.5 Å². The van der Waals surface area contributed by atoms with Crippen molar-refractivity contribution in [3.63, 3.8) is 0 Å². The molecule has 4 rings (SSSR count). The Kier molecular flexibility index (Phi) is 6.62. The Morgan fingerprint density at radius 3 is 1.97 bits per heavy atom. The summed E-state index contributed by atoms with van der Waals surface area (Å²) < 4.78 is 17.6. The molecule has 34 heavy (non-hydrogen) atoms. The number of fused-ring (bicyclic) bond motifs is 5. The largest absolute Gasteiger partial charge is 0.463 e. The van der Waals surface area contributed by atoms with Gasteiger partial charge >= 0.3 is 17.9 Å². The number of ketones is 1. The number of esters is 3. The first kappa shape index (κ1) is 25.2. The maximum Gasteiger partial charge on any atom is 0.302 e. The Labute approximate surface area is 202 Å². The number of carbonyl (C=O) groups is 4. The van der Waals surface area contributed by atoms with Crippen LogP contribution in [0.4, 0.5) is 0 Å². The van der Waals surface area contributed by atoms with Gasteiger partial charge in [-0.2, -0.15) is 0 Å². The summed E-state index contributed by atoms with van der Waals surface area (Å²) in [7, 11) is 0. The highest BCUT2D eigenvalue weighted by Crippen LogP contribution is 2.68. The molecular formula is C27H40O7. The third-order valence-electron chi connectivity index (χ3n) is 10.1. The first-order valence-corrected chi connectivity index (χ1v) is 12.9. The summed E-state index contributed by atoms with van der Waals surface area (Å²) in [6.07, 6.45) is 4.84. The van der Waals surface area contributed by atoms with Crippen LogP contribution in [0, 0.1) is 40.4 Å². The molecule has 0 radical (unpaired) electrons. The monoisotopic (exact) mass is 476 g/mol. The van der Waals surface area contributed by atoms with E-state index in [0.717, 1.165) is 38.5 Å². The molecule has 4 saturated carbocycles. The summed E-state index contributed by atoms with van der Waals surface area (Å²) in [6.45, 7) is 10.4. The third-order valence-corrected chi connectivity index (χ3v) is 10.1. The molecule has 10 atom stereocenters. The highest BCUT2D eigenvalue weighted by molar-refractivity contribution is 5.80. The van der Waals surface area contributed by atoms with E-state index in [1.54, 1.807) is 6.92 Å². The average molecular weight is 477 g/mol. The van der Waals surface area contributed by atoms with Crippen molar-refractivity contribution in [2.24, 2.45) is 40.4 Å². The molecule has 0 aromatic carbocycles. The molecule has 0 N–H and O–H groups in total. The quantitative estimate of drug-likeness (QED) is 0.442. The van der Waals surface area contributed by atoms with Gasteiger partial charge in [-0.25, -0.2) is 0 Å². The van der Waals surface area contributed by atoms with E-state index in [2.05, 4.69) is 13.8 Å². The van der Waals surface area contributed by atoms with Gasteiger partial charge in [0.2, 0.25) is 0 Å². The average Bonchev–Trinajstić information content (AvgIpc) is 3.07. The fraction of sp³-hybridized carbons (Fsp3) is 0.852. The number of ether oxygens (including phenoxy) is 3. The summed E-state index contributed by atoms with van der Waals surface area (Å²) in [6, 6.07) is 0. The zero-order chi connectivity index (χ0) is 25.0. The summed E-state index contributed by atoms with van der Waals surface area (Å²) in [4.78, 5) is 48.7. The van der Waals surface area contributed by atoms with Crippen LogP contribution in [0.25, 0.3) is 0 Å². The lowest BCUT2D eigenvalue weighted by Crippen LogP contribution is -2.63. The molecule has 0 unspecified atom stereocenters. The smallest absolute Gasteiger partial charge is 0.302 e. The molecule has 4 fully saturated rings. The van der Waals surface area contributed by atoms with E-state index >= 15 is 0 Å². The molecule has 0 amide bonds. The van der Waals surface area contributed by atoms with Gasteiger partial charge in [0.1, 0.15) is 24.1 Å². The Bertz CT molecular complexity index is 867. The number of rotatable bonds is 4. The van der Waals surface area contributed by atoms with Gasteiger partial charge in [0, 0.05) is 38.0 Å². The molecular weight excluding hydrogens is 436 g/mol. The Morgan fingerprint density at radius 1 is 0.735 bits per heavy atom. The minimum absolute atomic E-state index is 0.0357. The van der Waals surface area contributed by atoms with Crippen molar-refractivity contribution in [3.05, 3.63) is 0 Å². The van der Waals surface area contributed by atoms with Crippen molar-refractivity contribution in [2.45, 2.75) is 105 Å². The van der Waals surface area contributed by atoms with Gasteiger partial charge in [0.25, 0.3) is 0 Å². The molecule has 0 saturated heterocycles. The van der Waals surface area contributed by atoms with Crippen molar-refractivity contribution in [3.8, 4) is 0 Å². The number of hydrogen-bond acceptors (Lipinski definition) is 7. The summed E-state index contributed by atoms with van der Waals surface area (Å²) in [5, 5.41) is 0. The normalized spacial score (nSPS) is 45.2. The van der Waals surface area contributed by atoms with E-state index in [0.29, 0.717) is 6.42 Å². The molecule has 7 nitrogen and oxygen atoms in total. The molecule has 0 heterocycles. The molecule has 7 heteroatoms. The van der Waals surface area contributed by atoms with Gasteiger partial charge in [-0.15, -0.1) is 0 Å². The Morgan fingerprint density at radius 2 is 1.38 bits per heavy atom. The lowest BCUT2D eigenvalue weighted by Gasteiger charge is -2.63. The van der Waals surface area contributed by atoms with Gasteiger partial charge < -0.3 is 14.2 Å². The fourth-order valence-electron chi connectivity index (χ4n) is 8.82. The highest BCUT2D eigenvalue weighted by atomic mass is 16.6. The molecule has 0 aliphatic heterocycles. The lowest BCUT2D eigenvalue weighted by molar-refractivity contribution is -0.222. The predicted octanol–water partition coefficient (Wildman–Crippen LogP) is 4.25. The van der Waals surface area contributed by atoms with E-state index in [-0.39, 0.29) is 77.0 Å². The number of Topliss-reactive ketones (excluding diaryl/α,β-unsaturated/α-hetero) is 1.